The molecule has 20 heavy (non-hydrogen) atoms. The first-order valence-corrected chi connectivity index (χ1v) is 6.74. The van der Waals surface area contributed by atoms with Crippen LogP contribution < -0.4 is 10.6 Å². The third-order valence-electron chi connectivity index (χ3n) is 2.97. The van der Waals surface area contributed by atoms with E-state index in [1.54, 1.807) is 13.0 Å². The molecule has 110 valence electrons. The number of nitrogens with zero attached hydrogens (tertiary/aromatic N) is 2. The molecule has 1 heterocycles. The molecular formula is C13H20N4O3. The molecule has 0 atom stereocenters. The molecule has 1 saturated carbocycles. The molecule has 1 aromatic rings. The summed E-state index contributed by atoms with van der Waals surface area (Å²) in [5.41, 5.74) is 0. The van der Waals surface area contributed by atoms with E-state index < -0.39 is 0 Å². The van der Waals surface area contributed by atoms with Crippen molar-refractivity contribution in [3.05, 3.63) is 11.8 Å². The second-order valence-electron chi connectivity index (χ2n) is 5.20. The first kappa shape index (κ1) is 14.5. The van der Waals surface area contributed by atoms with Gasteiger partial charge in [0, 0.05) is 25.1 Å². The Morgan fingerprint density at radius 1 is 1.45 bits per heavy atom. The molecule has 0 bridgehead atoms. The average Bonchev–Trinajstić information content (AvgIpc) is 3.08. The van der Waals surface area contributed by atoms with Crippen molar-refractivity contribution in [2.75, 3.05) is 25.5 Å². The van der Waals surface area contributed by atoms with E-state index in [2.05, 4.69) is 15.8 Å². The van der Waals surface area contributed by atoms with Crippen molar-refractivity contribution in [2.24, 2.45) is 0 Å². The van der Waals surface area contributed by atoms with E-state index in [4.69, 9.17) is 4.52 Å². The summed E-state index contributed by atoms with van der Waals surface area (Å²) in [4.78, 5) is 25.1. The maximum absolute atomic E-state index is 11.7. The number of carbonyl (C=O) groups excluding carboxylic acids is 2. The van der Waals surface area contributed by atoms with Gasteiger partial charge in [0.1, 0.15) is 5.76 Å². The SMILES string of the molecule is Cc1cc(NC(=O)CCN(C)CC(=O)NC2CC2)no1. The molecule has 1 aliphatic rings. The maximum atomic E-state index is 11.7. The van der Waals surface area contributed by atoms with Crippen LogP contribution in [0.25, 0.3) is 0 Å². The van der Waals surface area contributed by atoms with Gasteiger partial charge in [-0.25, -0.2) is 0 Å². The fourth-order valence-electron chi connectivity index (χ4n) is 1.75. The van der Waals surface area contributed by atoms with Crippen LogP contribution in [-0.4, -0.2) is 48.0 Å². The molecule has 0 saturated heterocycles. The van der Waals surface area contributed by atoms with Crippen molar-refractivity contribution < 1.29 is 14.1 Å². The second-order valence-corrected chi connectivity index (χ2v) is 5.20. The summed E-state index contributed by atoms with van der Waals surface area (Å²) >= 11 is 0. The smallest absolute Gasteiger partial charge is 0.234 e. The van der Waals surface area contributed by atoms with Gasteiger partial charge in [-0.3, -0.25) is 14.5 Å². The van der Waals surface area contributed by atoms with E-state index >= 15 is 0 Å². The molecule has 1 fully saturated rings. The molecule has 0 aliphatic heterocycles. The molecule has 2 rings (SSSR count). The Balaban J connectivity index is 1.63. The van der Waals surface area contributed by atoms with E-state index in [0.717, 1.165) is 12.8 Å². The Hall–Kier alpha value is -1.89. The van der Waals surface area contributed by atoms with Gasteiger partial charge in [0.05, 0.1) is 6.54 Å². The molecule has 0 unspecified atom stereocenters. The van der Waals surface area contributed by atoms with Crippen molar-refractivity contribution in [1.29, 1.82) is 0 Å². The number of likely N-dealkylation sites (N-methyl/N-ethyl adjacent to an activating group) is 1. The van der Waals surface area contributed by atoms with Crippen molar-refractivity contribution in [3.63, 3.8) is 0 Å². The van der Waals surface area contributed by atoms with Crippen molar-refractivity contribution in [2.45, 2.75) is 32.2 Å². The van der Waals surface area contributed by atoms with Crippen molar-refractivity contribution in [1.82, 2.24) is 15.4 Å². The van der Waals surface area contributed by atoms with Gasteiger partial charge in [0.15, 0.2) is 5.82 Å². The second kappa shape index (κ2) is 6.51. The lowest BCUT2D eigenvalue weighted by atomic mass is 10.3. The largest absolute Gasteiger partial charge is 0.360 e. The highest BCUT2D eigenvalue weighted by atomic mass is 16.5. The number of amides is 2. The Morgan fingerprint density at radius 2 is 2.20 bits per heavy atom. The number of carbonyl (C=O) groups is 2. The third-order valence-corrected chi connectivity index (χ3v) is 2.97. The summed E-state index contributed by atoms with van der Waals surface area (Å²) in [7, 11) is 1.82. The van der Waals surface area contributed by atoms with E-state index in [9.17, 15) is 9.59 Å². The predicted molar refractivity (Wildman–Crippen MR) is 73.1 cm³/mol. The zero-order valence-corrected chi connectivity index (χ0v) is 11.8. The first-order valence-electron chi connectivity index (χ1n) is 6.74. The minimum atomic E-state index is -0.146. The van der Waals surface area contributed by atoms with Crippen LogP contribution in [0.15, 0.2) is 10.6 Å². The minimum Gasteiger partial charge on any atom is -0.360 e. The maximum Gasteiger partial charge on any atom is 0.234 e. The molecule has 0 aromatic carbocycles. The summed E-state index contributed by atoms with van der Waals surface area (Å²) in [6.07, 6.45) is 2.46. The highest BCUT2D eigenvalue weighted by molar-refractivity contribution is 5.89. The van der Waals surface area contributed by atoms with Crippen molar-refractivity contribution in [3.8, 4) is 0 Å². The lowest BCUT2D eigenvalue weighted by Crippen LogP contribution is -2.37. The Kier molecular flexibility index (Phi) is 4.73. The molecule has 1 aliphatic carbocycles. The standard InChI is InChI=1S/C13H20N4O3/c1-9-7-11(16-20-9)15-12(18)5-6-17(2)8-13(19)14-10-3-4-10/h7,10H,3-6,8H2,1-2H3,(H,14,19)(H,15,16,18). The number of anilines is 1. The van der Waals surface area contributed by atoms with Gasteiger partial charge < -0.3 is 15.2 Å². The Bertz CT molecular complexity index is 482. The zero-order valence-electron chi connectivity index (χ0n) is 11.8. The summed E-state index contributed by atoms with van der Waals surface area (Å²) in [6.45, 7) is 2.59. The zero-order chi connectivity index (χ0) is 14.5. The van der Waals surface area contributed by atoms with E-state index in [1.165, 1.54) is 0 Å². The van der Waals surface area contributed by atoms with Crippen LogP contribution in [-0.2, 0) is 9.59 Å². The van der Waals surface area contributed by atoms with Gasteiger partial charge in [-0.1, -0.05) is 5.16 Å². The first-order chi connectivity index (χ1) is 9.52. The van der Waals surface area contributed by atoms with Gasteiger partial charge in [0.2, 0.25) is 11.8 Å². The Labute approximate surface area is 117 Å². The predicted octanol–water partition coefficient (Wildman–Crippen LogP) is 0.522. The van der Waals surface area contributed by atoms with Crippen LogP contribution in [0.2, 0.25) is 0 Å². The lowest BCUT2D eigenvalue weighted by Gasteiger charge is -2.15. The fraction of sp³-hybridized carbons (Fsp3) is 0.615. The van der Waals surface area contributed by atoms with Gasteiger partial charge in [-0.15, -0.1) is 0 Å². The number of aryl methyl sites for hydroxylation is 1. The van der Waals surface area contributed by atoms with Crippen LogP contribution in [0.4, 0.5) is 5.82 Å². The van der Waals surface area contributed by atoms with Crippen LogP contribution in [0.5, 0.6) is 0 Å². The molecule has 0 radical (unpaired) electrons. The van der Waals surface area contributed by atoms with Crippen LogP contribution in [0, 0.1) is 6.92 Å². The summed E-state index contributed by atoms with van der Waals surface area (Å²) in [5, 5.41) is 9.24. The highest BCUT2D eigenvalue weighted by Crippen LogP contribution is 2.18. The number of rotatable bonds is 7. The monoisotopic (exact) mass is 280 g/mol. The van der Waals surface area contributed by atoms with Gasteiger partial charge >= 0.3 is 0 Å². The number of aromatic nitrogens is 1. The lowest BCUT2D eigenvalue weighted by molar-refractivity contribution is -0.123. The summed E-state index contributed by atoms with van der Waals surface area (Å²) in [5.74, 6) is 0.936. The molecule has 7 nitrogen and oxygen atoms in total. The van der Waals surface area contributed by atoms with E-state index in [0.29, 0.717) is 37.1 Å². The third kappa shape index (κ3) is 5.00. The topological polar surface area (TPSA) is 87.5 Å². The van der Waals surface area contributed by atoms with Crippen LogP contribution in [0.3, 0.4) is 0 Å². The normalized spacial score (nSPS) is 14.3. The quantitative estimate of drug-likeness (QED) is 0.760. The molecule has 1 aromatic heterocycles. The number of hydrogen-bond donors (Lipinski definition) is 2. The minimum absolute atomic E-state index is 0.0162. The summed E-state index contributed by atoms with van der Waals surface area (Å²) in [6, 6.07) is 2.03. The molecular weight excluding hydrogens is 260 g/mol. The average molecular weight is 280 g/mol. The van der Waals surface area contributed by atoms with E-state index in [-0.39, 0.29) is 11.8 Å². The van der Waals surface area contributed by atoms with E-state index in [1.807, 2.05) is 11.9 Å². The molecule has 2 amide bonds. The molecule has 2 N–H and O–H groups in total. The Morgan fingerprint density at radius 3 is 2.80 bits per heavy atom. The van der Waals surface area contributed by atoms with Gasteiger partial charge in [0.25, 0.3) is 0 Å². The fourth-order valence-corrected chi connectivity index (χ4v) is 1.75. The molecule has 7 heteroatoms. The highest BCUT2D eigenvalue weighted by Gasteiger charge is 2.23. The van der Waals surface area contributed by atoms with Crippen LogP contribution >= 0.6 is 0 Å². The number of hydrogen-bond acceptors (Lipinski definition) is 5. The van der Waals surface area contributed by atoms with Gasteiger partial charge in [-0.05, 0) is 26.8 Å². The summed E-state index contributed by atoms with van der Waals surface area (Å²) < 4.78 is 4.86. The van der Waals surface area contributed by atoms with Crippen LogP contribution in [0.1, 0.15) is 25.0 Å². The molecule has 0 spiro atoms. The number of nitrogens with one attached hydrogen (secondary N) is 2. The van der Waals surface area contributed by atoms with Gasteiger partial charge in [-0.2, -0.15) is 0 Å². The van der Waals surface area contributed by atoms with Crippen molar-refractivity contribution >= 4 is 17.6 Å².